The predicted octanol–water partition coefficient (Wildman–Crippen LogP) is 2.55. The molecule has 0 bridgehead atoms. The van der Waals surface area contributed by atoms with Crippen LogP contribution in [-0.4, -0.2) is 10.8 Å². The van der Waals surface area contributed by atoms with E-state index >= 15 is 0 Å². The van der Waals surface area contributed by atoms with Gasteiger partial charge in [0.15, 0.2) is 5.78 Å². The van der Waals surface area contributed by atoms with E-state index in [1.165, 1.54) is 0 Å². The van der Waals surface area contributed by atoms with Crippen LogP contribution in [0.5, 0.6) is 0 Å². The van der Waals surface area contributed by atoms with Crippen LogP contribution in [0.3, 0.4) is 0 Å². The average molecular weight is 189 g/mol. The van der Waals surface area contributed by atoms with Gasteiger partial charge in [0.1, 0.15) is 0 Å². The van der Waals surface area contributed by atoms with Crippen LogP contribution in [0.2, 0.25) is 0 Å². The standard InChI is InChI=1S/C12H15NO/c1-8-4-9-10(13-7-8)5-12(2,3)6-11(9)14/h4,7H,5-6H2,1-3H3. The van der Waals surface area contributed by atoms with Crippen molar-refractivity contribution in [2.24, 2.45) is 5.41 Å². The second kappa shape index (κ2) is 2.91. The van der Waals surface area contributed by atoms with Crippen LogP contribution in [0.4, 0.5) is 0 Å². The van der Waals surface area contributed by atoms with Gasteiger partial charge in [0.25, 0.3) is 0 Å². The van der Waals surface area contributed by atoms with Gasteiger partial charge in [-0.15, -0.1) is 0 Å². The Balaban J connectivity index is 2.50. The molecular formula is C12H15NO. The van der Waals surface area contributed by atoms with Crippen molar-refractivity contribution in [3.63, 3.8) is 0 Å². The van der Waals surface area contributed by atoms with E-state index in [-0.39, 0.29) is 11.2 Å². The normalized spacial score (nSPS) is 19.2. The first kappa shape index (κ1) is 9.38. The Kier molecular flexibility index (Phi) is 1.95. The lowest BCUT2D eigenvalue weighted by Crippen LogP contribution is -2.27. The molecule has 74 valence electrons. The Morgan fingerprint density at radius 3 is 2.79 bits per heavy atom. The smallest absolute Gasteiger partial charge is 0.165 e. The maximum atomic E-state index is 11.8. The van der Waals surface area contributed by atoms with Gasteiger partial charge in [-0.2, -0.15) is 0 Å². The summed E-state index contributed by atoms with van der Waals surface area (Å²) in [7, 11) is 0. The zero-order valence-corrected chi connectivity index (χ0v) is 8.92. The molecule has 0 fully saturated rings. The predicted molar refractivity (Wildman–Crippen MR) is 55.4 cm³/mol. The summed E-state index contributed by atoms with van der Waals surface area (Å²) in [5.74, 6) is 0.243. The second-order valence-corrected chi connectivity index (χ2v) is 4.95. The number of aromatic nitrogens is 1. The Bertz CT molecular complexity index is 393. The number of carbonyl (C=O) groups is 1. The summed E-state index contributed by atoms with van der Waals surface area (Å²) in [6.45, 7) is 6.21. The molecule has 0 spiro atoms. The molecule has 1 aliphatic rings. The van der Waals surface area contributed by atoms with Crippen molar-refractivity contribution < 1.29 is 4.79 Å². The fourth-order valence-corrected chi connectivity index (χ4v) is 2.03. The summed E-state index contributed by atoms with van der Waals surface area (Å²) in [6.07, 6.45) is 3.40. The lowest BCUT2D eigenvalue weighted by atomic mass is 9.75. The van der Waals surface area contributed by atoms with Crippen molar-refractivity contribution in [2.75, 3.05) is 0 Å². The Morgan fingerprint density at radius 2 is 2.07 bits per heavy atom. The second-order valence-electron chi connectivity index (χ2n) is 4.95. The first-order valence-corrected chi connectivity index (χ1v) is 4.97. The first-order valence-electron chi connectivity index (χ1n) is 4.97. The van der Waals surface area contributed by atoms with Crippen LogP contribution in [0.15, 0.2) is 12.3 Å². The highest BCUT2D eigenvalue weighted by Crippen LogP contribution is 2.33. The van der Waals surface area contributed by atoms with Crippen molar-refractivity contribution in [3.05, 3.63) is 29.1 Å². The fourth-order valence-electron chi connectivity index (χ4n) is 2.03. The molecule has 2 rings (SSSR count). The third kappa shape index (κ3) is 1.57. The van der Waals surface area contributed by atoms with Crippen molar-refractivity contribution in [1.29, 1.82) is 0 Å². The Morgan fingerprint density at radius 1 is 1.36 bits per heavy atom. The van der Waals surface area contributed by atoms with Crippen LogP contribution in [0.25, 0.3) is 0 Å². The monoisotopic (exact) mass is 189 g/mol. The van der Waals surface area contributed by atoms with E-state index in [2.05, 4.69) is 18.8 Å². The summed E-state index contributed by atoms with van der Waals surface area (Å²) >= 11 is 0. The van der Waals surface area contributed by atoms with Gasteiger partial charge >= 0.3 is 0 Å². The van der Waals surface area contributed by atoms with E-state index in [4.69, 9.17) is 0 Å². The minimum Gasteiger partial charge on any atom is -0.294 e. The Hall–Kier alpha value is -1.18. The van der Waals surface area contributed by atoms with E-state index in [1.807, 2.05) is 19.2 Å². The molecule has 0 saturated carbocycles. The molecule has 14 heavy (non-hydrogen) atoms. The number of aryl methyl sites for hydroxylation is 1. The molecule has 0 atom stereocenters. The van der Waals surface area contributed by atoms with Crippen molar-refractivity contribution in [1.82, 2.24) is 4.98 Å². The van der Waals surface area contributed by atoms with E-state index < -0.39 is 0 Å². The van der Waals surface area contributed by atoms with Crippen LogP contribution in [0.1, 0.15) is 41.9 Å². The average Bonchev–Trinajstić information content (AvgIpc) is 2.05. The number of Topliss-reactive ketones (excluding diaryl/α,β-unsaturated/α-hetero) is 1. The fraction of sp³-hybridized carbons (Fsp3) is 0.500. The SMILES string of the molecule is Cc1cnc2c(c1)C(=O)CC(C)(C)C2. The third-order valence-electron chi connectivity index (χ3n) is 2.69. The van der Waals surface area contributed by atoms with Gasteiger partial charge in [-0.3, -0.25) is 9.78 Å². The zero-order valence-electron chi connectivity index (χ0n) is 8.92. The molecule has 1 aliphatic carbocycles. The maximum Gasteiger partial charge on any atom is 0.165 e. The van der Waals surface area contributed by atoms with Crippen LogP contribution >= 0.6 is 0 Å². The molecule has 0 radical (unpaired) electrons. The summed E-state index contributed by atoms with van der Waals surface area (Å²) in [5.41, 5.74) is 2.95. The molecule has 0 amide bonds. The molecule has 0 N–H and O–H groups in total. The molecule has 1 aromatic rings. The largest absolute Gasteiger partial charge is 0.294 e. The van der Waals surface area contributed by atoms with E-state index in [1.54, 1.807) is 0 Å². The van der Waals surface area contributed by atoms with Crippen molar-refractivity contribution in [3.8, 4) is 0 Å². The van der Waals surface area contributed by atoms with Crippen molar-refractivity contribution >= 4 is 5.78 Å². The third-order valence-corrected chi connectivity index (χ3v) is 2.69. The number of rotatable bonds is 0. The number of ketones is 1. The highest BCUT2D eigenvalue weighted by atomic mass is 16.1. The first-order chi connectivity index (χ1) is 6.48. The summed E-state index contributed by atoms with van der Waals surface area (Å²) < 4.78 is 0. The number of fused-ring (bicyclic) bond motifs is 1. The molecular weight excluding hydrogens is 174 g/mol. The molecule has 0 saturated heterocycles. The summed E-state index contributed by atoms with van der Waals surface area (Å²) in [5, 5.41) is 0. The Labute approximate surface area is 84.4 Å². The quantitative estimate of drug-likeness (QED) is 0.627. The number of hydrogen-bond donors (Lipinski definition) is 0. The summed E-state index contributed by atoms with van der Waals surface area (Å²) in [4.78, 5) is 16.2. The molecule has 1 heterocycles. The van der Waals surface area contributed by atoms with Crippen molar-refractivity contribution in [2.45, 2.75) is 33.6 Å². The lowest BCUT2D eigenvalue weighted by molar-refractivity contribution is 0.0910. The number of pyridine rings is 1. The lowest BCUT2D eigenvalue weighted by Gasteiger charge is -2.29. The van der Waals surface area contributed by atoms with E-state index in [0.717, 1.165) is 23.2 Å². The van der Waals surface area contributed by atoms with E-state index in [0.29, 0.717) is 6.42 Å². The van der Waals surface area contributed by atoms with Gasteiger partial charge in [-0.25, -0.2) is 0 Å². The van der Waals surface area contributed by atoms with Gasteiger partial charge in [-0.05, 0) is 30.4 Å². The molecule has 0 aliphatic heterocycles. The number of hydrogen-bond acceptors (Lipinski definition) is 2. The van der Waals surface area contributed by atoms with Gasteiger partial charge in [0.2, 0.25) is 0 Å². The minimum atomic E-state index is 0.0757. The topological polar surface area (TPSA) is 30.0 Å². The maximum absolute atomic E-state index is 11.8. The molecule has 0 unspecified atom stereocenters. The van der Waals surface area contributed by atoms with Crippen LogP contribution < -0.4 is 0 Å². The molecule has 0 aromatic carbocycles. The number of nitrogens with zero attached hydrogens (tertiary/aromatic N) is 1. The molecule has 1 aromatic heterocycles. The molecule has 2 heteroatoms. The highest BCUT2D eigenvalue weighted by molar-refractivity contribution is 5.98. The van der Waals surface area contributed by atoms with Crippen LogP contribution in [-0.2, 0) is 6.42 Å². The van der Waals surface area contributed by atoms with Crippen LogP contribution in [0, 0.1) is 12.3 Å². The zero-order chi connectivity index (χ0) is 10.3. The summed E-state index contributed by atoms with van der Waals surface area (Å²) in [6, 6.07) is 1.96. The van der Waals surface area contributed by atoms with E-state index in [9.17, 15) is 4.79 Å². The van der Waals surface area contributed by atoms with Gasteiger partial charge < -0.3 is 0 Å². The number of carbonyl (C=O) groups excluding carboxylic acids is 1. The molecule has 2 nitrogen and oxygen atoms in total. The van der Waals surface area contributed by atoms with Gasteiger partial charge in [0.05, 0.1) is 5.69 Å². The van der Waals surface area contributed by atoms with Gasteiger partial charge in [0, 0.05) is 18.2 Å². The van der Waals surface area contributed by atoms with Gasteiger partial charge in [-0.1, -0.05) is 13.8 Å². The minimum absolute atomic E-state index is 0.0757. The highest BCUT2D eigenvalue weighted by Gasteiger charge is 2.31.